The first-order valence-electron chi connectivity index (χ1n) is 15.7. The second kappa shape index (κ2) is 13.7. The third kappa shape index (κ3) is 6.72. The van der Waals surface area contributed by atoms with Crippen molar-refractivity contribution in [3.8, 4) is 11.5 Å². The van der Waals surface area contributed by atoms with Crippen molar-refractivity contribution in [1.29, 1.82) is 0 Å². The average molecular weight is 604 g/mol. The van der Waals surface area contributed by atoms with Crippen molar-refractivity contribution in [2.75, 3.05) is 38.8 Å². The molecule has 1 fully saturated rings. The molecule has 1 saturated heterocycles. The van der Waals surface area contributed by atoms with Gasteiger partial charge in [-0.1, -0.05) is 42.8 Å². The first-order chi connectivity index (χ1) is 20.7. The lowest BCUT2D eigenvalue weighted by Gasteiger charge is -2.41. The first-order valence-corrected chi connectivity index (χ1v) is 16.1. The Bertz CT molecular complexity index is 1380. The largest absolute Gasteiger partial charge is 0.493 e. The van der Waals surface area contributed by atoms with E-state index in [2.05, 4.69) is 74.9 Å². The van der Waals surface area contributed by atoms with E-state index in [4.69, 9.17) is 21.1 Å². The maximum atomic E-state index is 13.9. The first kappa shape index (κ1) is 31.4. The number of amides is 1. The molecule has 3 aromatic rings. The van der Waals surface area contributed by atoms with Gasteiger partial charge in [-0.05, 0) is 106 Å². The lowest BCUT2D eigenvalue weighted by Crippen LogP contribution is -2.46. The van der Waals surface area contributed by atoms with Gasteiger partial charge in [-0.15, -0.1) is 0 Å². The Morgan fingerprint density at radius 3 is 2.26 bits per heavy atom. The van der Waals surface area contributed by atoms with Crippen molar-refractivity contribution >= 4 is 23.2 Å². The molecular formula is C36H46ClN3O3. The topological polar surface area (TPSA) is 45.3 Å². The van der Waals surface area contributed by atoms with Crippen molar-refractivity contribution < 1.29 is 14.3 Å². The summed E-state index contributed by atoms with van der Waals surface area (Å²) in [5.41, 5.74) is 5.15. The van der Waals surface area contributed by atoms with E-state index in [0.717, 1.165) is 41.9 Å². The Labute approximate surface area is 262 Å². The van der Waals surface area contributed by atoms with Crippen LogP contribution in [0.5, 0.6) is 11.5 Å². The maximum absolute atomic E-state index is 13.9. The summed E-state index contributed by atoms with van der Waals surface area (Å²) in [6, 6.07) is 21.6. The Morgan fingerprint density at radius 2 is 1.65 bits per heavy atom. The molecule has 0 bridgehead atoms. The fourth-order valence-corrected chi connectivity index (χ4v) is 6.66. The van der Waals surface area contributed by atoms with Crippen LogP contribution in [0, 0.1) is 0 Å². The summed E-state index contributed by atoms with van der Waals surface area (Å²) in [6.07, 6.45) is 3.57. The van der Waals surface area contributed by atoms with E-state index in [1.165, 1.54) is 18.4 Å². The zero-order valence-corrected chi connectivity index (χ0v) is 27.2. The molecule has 2 aliphatic rings. The number of benzene rings is 3. The molecule has 43 heavy (non-hydrogen) atoms. The van der Waals surface area contributed by atoms with Gasteiger partial charge in [0.2, 0.25) is 5.91 Å². The number of methoxy groups -OCH3 is 1. The summed E-state index contributed by atoms with van der Waals surface area (Å²) in [6.45, 7) is 11.7. The van der Waals surface area contributed by atoms with Gasteiger partial charge < -0.3 is 19.3 Å². The van der Waals surface area contributed by atoms with E-state index in [0.29, 0.717) is 47.7 Å². The Balaban J connectivity index is 1.44. The van der Waals surface area contributed by atoms with Gasteiger partial charge in [-0.25, -0.2) is 0 Å². The minimum Gasteiger partial charge on any atom is -0.493 e. The highest BCUT2D eigenvalue weighted by Gasteiger charge is 2.36. The number of likely N-dealkylation sites (tertiary alicyclic amines) is 1. The molecule has 0 aliphatic carbocycles. The van der Waals surface area contributed by atoms with Crippen LogP contribution in [0.1, 0.15) is 81.3 Å². The number of hydrogen-bond acceptors (Lipinski definition) is 5. The average Bonchev–Trinajstić information content (AvgIpc) is 3.02. The van der Waals surface area contributed by atoms with Crippen LogP contribution in [-0.4, -0.2) is 61.6 Å². The predicted molar refractivity (Wildman–Crippen MR) is 176 cm³/mol. The van der Waals surface area contributed by atoms with E-state index < -0.39 is 0 Å². The Morgan fingerprint density at radius 1 is 0.977 bits per heavy atom. The summed E-state index contributed by atoms with van der Waals surface area (Å²) >= 11 is 6.28. The minimum absolute atomic E-state index is 0.0499. The van der Waals surface area contributed by atoms with E-state index in [1.54, 1.807) is 7.11 Å². The number of rotatable bonds is 10. The van der Waals surface area contributed by atoms with E-state index in [1.807, 2.05) is 35.2 Å². The van der Waals surface area contributed by atoms with Gasteiger partial charge >= 0.3 is 0 Å². The predicted octanol–water partition coefficient (Wildman–Crippen LogP) is 7.68. The van der Waals surface area contributed by atoms with Crippen molar-refractivity contribution in [1.82, 2.24) is 9.80 Å². The van der Waals surface area contributed by atoms with Gasteiger partial charge in [-0.2, -0.15) is 0 Å². The van der Waals surface area contributed by atoms with Crippen LogP contribution in [0.3, 0.4) is 0 Å². The number of hydrogen-bond donors (Lipinski definition) is 0. The number of anilines is 1. The zero-order valence-electron chi connectivity index (χ0n) is 26.5. The standard InChI is InChI=1S/C36H46ClN3O3/c1-7-20-43-34-23-32-28(21-33(34)42-6)22-35(41)40(36(32)27-8-12-29(37)13-9-27)31-14-10-26(11-15-31)25(4)39-18-16-30(17-19-39)38(5)24(2)3/h8-15,21,23-25,30,36H,7,16-20,22H2,1-6H3. The summed E-state index contributed by atoms with van der Waals surface area (Å²) in [4.78, 5) is 20.9. The highest BCUT2D eigenvalue weighted by atomic mass is 35.5. The molecule has 2 atom stereocenters. The third-order valence-electron chi connectivity index (χ3n) is 9.33. The van der Waals surface area contributed by atoms with Gasteiger partial charge in [0.25, 0.3) is 0 Å². The monoisotopic (exact) mass is 603 g/mol. The molecule has 0 radical (unpaired) electrons. The molecule has 7 heteroatoms. The summed E-state index contributed by atoms with van der Waals surface area (Å²) in [7, 11) is 3.89. The van der Waals surface area contributed by atoms with Crippen LogP contribution in [-0.2, 0) is 11.2 Å². The number of piperidine rings is 1. The molecule has 6 nitrogen and oxygen atoms in total. The van der Waals surface area contributed by atoms with Gasteiger partial charge in [0.05, 0.1) is 26.2 Å². The molecule has 2 heterocycles. The van der Waals surface area contributed by atoms with Gasteiger partial charge in [0.15, 0.2) is 11.5 Å². The summed E-state index contributed by atoms with van der Waals surface area (Å²) in [5, 5.41) is 0.664. The fourth-order valence-electron chi connectivity index (χ4n) is 6.53. The smallest absolute Gasteiger partial charge is 0.232 e. The van der Waals surface area contributed by atoms with Crippen molar-refractivity contribution in [2.45, 2.75) is 77.5 Å². The van der Waals surface area contributed by atoms with Crippen LogP contribution in [0.25, 0.3) is 0 Å². The number of halogens is 1. The molecular weight excluding hydrogens is 558 g/mol. The van der Waals surface area contributed by atoms with Gasteiger partial charge in [0, 0.05) is 41.9 Å². The summed E-state index contributed by atoms with van der Waals surface area (Å²) < 4.78 is 11.7. The molecule has 2 aliphatic heterocycles. The molecule has 0 spiro atoms. The van der Waals surface area contributed by atoms with Crippen molar-refractivity contribution in [3.05, 3.63) is 87.9 Å². The van der Waals surface area contributed by atoms with Gasteiger partial charge in [0.1, 0.15) is 0 Å². The Kier molecular flexibility index (Phi) is 10.0. The van der Waals surface area contributed by atoms with Crippen molar-refractivity contribution in [3.63, 3.8) is 0 Å². The number of ether oxygens (including phenoxy) is 2. The highest BCUT2D eigenvalue weighted by Crippen LogP contribution is 2.44. The van der Waals surface area contributed by atoms with Crippen LogP contribution < -0.4 is 14.4 Å². The summed E-state index contributed by atoms with van der Waals surface area (Å²) in [5.74, 6) is 1.40. The van der Waals surface area contributed by atoms with E-state index >= 15 is 0 Å². The molecule has 0 saturated carbocycles. The Hall–Kier alpha value is -3.06. The number of fused-ring (bicyclic) bond motifs is 1. The second-order valence-electron chi connectivity index (χ2n) is 12.2. The van der Waals surface area contributed by atoms with Crippen molar-refractivity contribution in [2.24, 2.45) is 0 Å². The quantitative estimate of drug-likeness (QED) is 0.238. The lowest BCUT2D eigenvalue weighted by atomic mass is 9.86. The lowest BCUT2D eigenvalue weighted by molar-refractivity contribution is -0.118. The maximum Gasteiger partial charge on any atom is 0.232 e. The van der Waals surface area contributed by atoms with E-state index in [-0.39, 0.29) is 11.9 Å². The zero-order chi connectivity index (χ0) is 30.7. The highest BCUT2D eigenvalue weighted by molar-refractivity contribution is 6.30. The van der Waals surface area contributed by atoms with Gasteiger partial charge in [-0.3, -0.25) is 9.69 Å². The molecule has 0 aromatic heterocycles. The number of carbonyl (C=O) groups excluding carboxylic acids is 1. The van der Waals surface area contributed by atoms with Crippen LogP contribution >= 0.6 is 11.6 Å². The third-order valence-corrected chi connectivity index (χ3v) is 9.58. The number of carbonyl (C=O) groups is 1. The van der Waals surface area contributed by atoms with Crippen LogP contribution in [0.4, 0.5) is 5.69 Å². The second-order valence-corrected chi connectivity index (χ2v) is 12.7. The molecule has 5 rings (SSSR count). The van der Waals surface area contributed by atoms with Crippen LogP contribution in [0.2, 0.25) is 5.02 Å². The minimum atomic E-state index is -0.316. The van der Waals surface area contributed by atoms with Crippen LogP contribution in [0.15, 0.2) is 60.7 Å². The molecule has 0 N–H and O–H groups in total. The number of nitrogens with zero attached hydrogens (tertiary/aromatic N) is 3. The molecule has 1 amide bonds. The van der Waals surface area contributed by atoms with E-state index in [9.17, 15) is 4.79 Å². The molecule has 230 valence electrons. The molecule has 2 unspecified atom stereocenters. The SMILES string of the molecule is CCCOc1cc2c(cc1OC)CC(=O)N(c1ccc(C(C)N3CCC(N(C)C(C)C)CC3)cc1)C2c1ccc(Cl)cc1. The molecule has 3 aromatic carbocycles. The normalized spacial score (nSPS) is 18.7. The fraction of sp³-hybridized carbons (Fsp3) is 0.472.